The van der Waals surface area contributed by atoms with E-state index in [4.69, 9.17) is 0 Å². The Balaban J connectivity index is 1.70. The van der Waals surface area contributed by atoms with Crippen molar-refractivity contribution in [3.05, 3.63) is 30.1 Å². The molecule has 1 saturated heterocycles. The molecule has 0 aromatic heterocycles. The molecule has 1 N–H and O–H groups in total. The fourth-order valence-electron chi connectivity index (χ4n) is 3.06. The Morgan fingerprint density at radius 1 is 1.10 bits per heavy atom. The molecule has 20 heavy (non-hydrogen) atoms. The van der Waals surface area contributed by atoms with Crippen molar-refractivity contribution in [2.24, 2.45) is 0 Å². The van der Waals surface area contributed by atoms with Gasteiger partial charge in [-0.2, -0.15) is 0 Å². The topological polar surface area (TPSA) is 49.4 Å². The first-order valence-electron chi connectivity index (χ1n) is 7.03. The zero-order valence-electron chi connectivity index (χ0n) is 11.1. The lowest BCUT2D eigenvalue weighted by Gasteiger charge is -2.22. The molecule has 2 aliphatic rings. The van der Waals surface area contributed by atoms with Crippen LogP contribution in [-0.2, 0) is 9.59 Å². The number of nitrogens with one attached hydrogen (secondary N) is 1. The second kappa shape index (κ2) is 5.23. The van der Waals surface area contributed by atoms with E-state index in [1.54, 1.807) is 12.1 Å². The molecule has 1 aromatic carbocycles. The van der Waals surface area contributed by atoms with Gasteiger partial charge in [0.25, 0.3) is 5.91 Å². The minimum Gasteiger partial charge on any atom is -0.373 e. The van der Waals surface area contributed by atoms with Gasteiger partial charge in [0.2, 0.25) is 5.91 Å². The maximum atomic E-state index is 12.8. The summed E-state index contributed by atoms with van der Waals surface area (Å²) in [6.07, 6.45) is 4.18. The van der Waals surface area contributed by atoms with Crippen LogP contribution in [0.15, 0.2) is 24.3 Å². The molecule has 0 bridgehead atoms. The largest absolute Gasteiger partial charge is 0.373 e. The number of anilines is 1. The lowest BCUT2D eigenvalue weighted by Crippen LogP contribution is -2.40. The number of hydrogen-bond donors (Lipinski definition) is 1. The molecule has 1 heterocycles. The van der Waals surface area contributed by atoms with Gasteiger partial charge in [-0.15, -0.1) is 0 Å². The Bertz CT molecular complexity index is 523. The molecule has 1 unspecified atom stereocenters. The summed E-state index contributed by atoms with van der Waals surface area (Å²) in [5, 5.41) is 3.02. The van der Waals surface area contributed by atoms with E-state index in [9.17, 15) is 14.0 Å². The maximum Gasteiger partial charge on any atom is 0.252 e. The SMILES string of the molecule is O=C1CC(Nc2ccc(F)cc2)C(=O)N1C1CCCC1. The molecule has 1 aromatic rings. The highest BCUT2D eigenvalue weighted by atomic mass is 19.1. The molecular formula is C15H17FN2O2. The van der Waals surface area contributed by atoms with Gasteiger partial charge in [-0.25, -0.2) is 4.39 Å². The third-order valence-electron chi connectivity index (χ3n) is 4.06. The first-order chi connectivity index (χ1) is 9.65. The number of imide groups is 1. The Labute approximate surface area is 117 Å². The summed E-state index contributed by atoms with van der Waals surface area (Å²) < 4.78 is 12.8. The highest BCUT2D eigenvalue weighted by molar-refractivity contribution is 6.07. The van der Waals surface area contributed by atoms with Gasteiger partial charge in [-0.3, -0.25) is 14.5 Å². The van der Waals surface area contributed by atoms with Gasteiger partial charge in [0, 0.05) is 11.7 Å². The Morgan fingerprint density at radius 3 is 2.40 bits per heavy atom. The van der Waals surface area contributed by atoms with Crippen molar-refractivity contribution in [1.29, 1.82) is 0 Å². The van der Waals surface area contributed by atoms with Crippen LogP contribution >= 0.6 is 0 Å². The average molecular weight is 276 g/mol. The molecule has 2 amide bonds. The van der Waals surface area contributed by atoms with Crippen LogP contribution in [0.2, 0.25) is 0 Å². The number of amides is 2. The van der Waals surface area contributed by atoms with Crippen molar-refractivity contribution in [1.82, 2.24) is 4.90 Å². The van der Waals surface area contributed by atoms with E-state index in [1.165, 1.54) is 17.0 Å². The van der Waals surface area contributed by atoms with Crippen molar-refractivity contribution >= 4 is 17.5 Å². The number of hydrogen-bond acceptors (Lipinski definition) is 3. The van der Waals surface area contributed by atoms with Crippen LogP contribution in [-0.4, -0.2) is 28.8 Å². The number of carbonyl (C=O) groups excluding carboxylic acids is 2. The summed E-state index contributed by atoms with van der Waals surface area (Å²) >= 11 is 0. The van der Waals surface area contributed by atoms with E-state index in [0.29, 0.717) is 5.69 Å². The van der Waals surface area contributed by atoms with Gasteiger partial charge in [0.15, 0.2) is 0 Å². The second-order valence-corrected chi connectivity index (χ2v) is 5.45. The van der Waals surface area contributed by atoms with Crippen molar-refractivity contribution in [3.8, 4) is 0 Å². The lowest BCUT2D eigenvalue weighted by atomic mass is 10.2. The van der Waals surface area contributed by atoms with Gasteiger partial charge >= 0.3 is 0 Å². The predicted molar refractivity (Wildman–Crippen MR) is 72.5 cm³/mol. The normalized spacial score (nSPS) is 23.6. The quantitative estimate of drug-likeness (QED) is 0.862. The Hall–Kier alpha value is -1.91. The molecule has 1 aliphatic heterocycles. The Kier molecular flexibility index (Phi) is 3.42. The Morgan fingerprint density at radius 2 is 1.75 bits per heavy atom. The zero-order valence-corrected chi connectivity index (χ0v) is 11.1. The monoisotopic (exact) mass is 276 g/mol. The number of rotatable bonds is 3. The third-order valence-corrected chi connectivity index (χ3v) is 4.06. The van der Waals surface area contributed by atoms with E-state index in [0.717, 1.165) is 25.7 Å². The molecule has 3 rings (SSSR count). The van der Waals surface area contributed by atoms with Gasteiger partial charge < -0.3 is 5.32 Å². The van der Waals surface area contributed by atoms with Gasteiger partial charge in [-0.05, 0) is 37.1 Å². The molecule has 1 atom stereocenters. The van der Waals surface area contributed by atoms with E-state index in [-0.39, 0.29) is 30.1 Å². The molecule has 2 fully saturated rings. The number of likely N-dealkylation sites (tertiary alicyclic amines) is 1. The minimum absolute atomic E-state index is 0.0787. The smallest absolute Gasteiger partial charge is 0.252 e. The van der Waals surface area contributed by atoms with Crippen molar-refractivity contribution in [2.75, 3.05) is 5.32 Å². The number of benzene rings is 1. The van der Waals surface area contributed by atoms with Crippen LogP contribution < -0.4 is 5.32 Å². The molecule has 4 nitrogen and oxygen atoms in total. The van der Waals surface area contributed by atoms with Crippen LogP contribution in [0.25, 0.3) is 0 Å². The summed E-state index contributed by atoms with van der Waals surface area (Å²) in [6, 6.07) is 5.37. The maximum absolute atomic E-state index is 12.8. The van der Waals surface area contributed by atoms with Crippen LogP contribution in [0.5, 0.6) is 0 Å². The molecule has 5 heteroatoms. The highest BCUT2D eigenvalue weighted by Crippen LogP contribution is 2.29. The van der Waals surface area contributed by atoms with E-state index < -0.39 is 6.04 Å². The minimum atomic E-state index is -0.520. The van der Waals surface area contributed by atoms with Crippen LogP contribution in [0.1, 0.15) is 32.1 Å². The molecule has 0 spiro atoms. The standard InChI is InChI=1S/C15H17FN2O2/c16-10-5-7-11(8-6-10)17-13-9-14(19)18(15(13)20)12-3-1-2-4-12/h5-8,12-13,17H,1-4,9H2. The van der Waals surface area contributed by atoms with E-state index >= 15 is 0 Å². The van der Waals surface area contributed by atoms with Crippen molar-refractivity contribution in [2.45, 2.75) is 44.2 Å². The van der Waals surface area contributed by atoms with Gasteiger partial charge in [0.1, 0.15) is 11.9 Å². The van der Waals surface area contributed by atoms with Crippen molar-refractivity contribution in [3.63, 3.8) is 0 Å². The zero-order chi connectivity index (χ0) is 14.1. The molecule has 0 radical (unpaired) electrons. The van der Waals surface area contributed by atoms with Crippen LogP contribution in [0.3, 0.4) is 0 Å². The summed E-state index contributed by atoms with van der Waals surface area (Å²) in [6.45, 7) is 0. The lowest BCUT2D eigenvalue weighted by molar-refractivity contribution is -0.141. The summed E-state index contributed by atoms with van der Waals surface area (Å²) in [5.74, 6) is -0.565. The first-order valence-corrected chi connectivity index (χ1v) is 7.03. The highest BCUT2D eigenvalue weighted by Gasteiger charge is 2.42. The average Bonchev–Trinajstić information content (AvgIpc) is 3.02. The van der Waals surface area contributed by atoms with Gasteiger partial charge in [0.05, 0.1) is 6.42 Å². The third kappa shape index (κ3) is 2.40. The number of carbonyl (C=O) groups is 2. The molecule has 106 valence electrons. The van der Waals surface area contributed by atoms with Crippen LogP contribution in [0.4, 0.5) is 10.1 Å². The van der Waals surface area contributed by atoms with Crippen LogP contribution in [0, 0.1) is 5.82 Å². The first kappa shape index (κ1) is 13.1. The van der Waals surface area contributed by atoms with Crippen molar-refractivity contribution < 1.29 is 14.0 Å². The fourth-order valence-corrected chi connectivity index (χ4v) is 3.06. The summed E-state index contributed by atoms with van der Waals surface area (Å²) in [5.41, 5.74) is 0.658. The van der Waals surface area contributed by atoms with E-state index in [2.05, 4.69) is 5.32 Å². The second-order valence-electron chi connectivity index (χ2n) is 5.45. The molecule has 1 saturated carbocycles. The van der Waals surface area contributed by atoms with E-state index in [1.807, 2.05) is 0 Å². The molecule has 1 aliphatic carbocycles. The number of nitrogens with zero attached hydrogens (tertiary/aromatic N) is 1. The predicted octanol–water partition coefficient (Wildman–Crippen LogP) is 2.31. The summed E-state index contributed by atoms with van der Waals surface area (Å²) in [7, 11) is 0. The molecular weight excluding hydrogens is 259 g/mol. The summed E-state index contributed by atoms with van der Waals surface area (Å²) in [4.78, 5) is 25.8. The van der Waals surface area contributed by atoms with Gasteiger partial charge in [-0.1, -0.05) is 12.8 Å². The number of halogens is 1. The fraction of sp³-hybridized carbons (Fsp3) is 0.467.